The molecule has 6 heteroatoms. The third kappa shape index (κ3) is 3.72. The van der Waals surface area contributed by atoms with Crippen LogP contribution in [0, 0.1) is 0 Å². The van der Waals surface area contributed by atoms with Crippen molar-refractivity contribution in [2.24, 2.45) is 5.10 Å². The molecular formula is C16H20N4O2. The number of phenolic OH excluding ortho intramolecular Hbond substituents is 1. The number of aromatic hydroxyl groups is 1. The van der Waals surface area contributed by atoms with Gasteiger partial charge in [0.25, 0.3) is 5.91 Å². The fraction of sp³-hybridized carbons (Fsp3) is 0.312. The van der Waals surface area contributed by atoms with Crippen LogP contribution in [0.15, 0.2) is 35.4 Å². The van der Waals surface area contributed by atoms with Gasteiger partial charge < -0.3 is 5.11 Å². The lowest BCUT2D eigenvalue weighted by Gasteiger charge is -2.14. The second-order valence-corrected chi connectivity index (χ2v) is 6.10. The molecule has 0 saturated carbocycles. The predicted molar refractivity (Wildman–Crippen MR) is 85.1 cm³/mol. The van der Waals surface area contributed by atoms with E-state index in [9.17, 15) is 9.90 Å². The lowest BCUT2D eigenvalue weighted by atomic mass is 9.92. The van der Waals surface area contributed by atoms with Crippen molar-refractivity contribution >= 4 is 11.6 Å². The number of nitrogens with zero attached hydrogens (tertiary/aromatic N) is 2. The molecule has 0 saturated heterocycles. The van der Waals surface area contributed by atoms with Crippen LogP contribution in [0.4, 0.5) is 0 Å². The summed E-state index contributed by atoms with van der Waals surface area (Å²) in [5.74, 6) is -0.184. The number of aromatic nitrogens is 2. The van der Waals surface area contributed by atoms with Crippen LogP contribution in [-0.4, -0.2) is 26.9 Å². The van der Waals surface area contributed by atoms with Crippen molar-refractivity contribution in [3.8, 4) is 5.75 Å². The third-order valence-electron chi connectivity index (χ3n) is 3.23. The maximum atomic E-state index is 12.0. The minimum Gasteiger partial charge on any atom is -0.508 e. The first-order chi connectivity index (χ1) is 10.3. The first kappa shape index (κ1) is 15.8. The summed E-state index contributed by atoms with van der Waals surface area (Å²) in [4.78, 5) is 12.0. The molecule has 3 N–H and O–H groups in total. The Morgan fingerprint density at radius 3 is 2.45 bits per heavy atom. The number of nitrogens with one attached hydrogen (secondary N) is 2. The molecule has 2 rings (SSSR count). The molecule has 1 amide bonds. The van der Waals surface area contributed by atoms with Crippen LogP contribution in [0.1, 0.15) is 49.4 Å². The van der Waals surface area contributed by atoms with E-state index in [1.807, 2.05) is 20.8 Å². The van der Waals surface area contributed by atoms with Crippen molar-refractivity contribution in [3.05, 3.63) is 47.3 Å². The van der Waals surface area contributed by atoms with Crippen LogP contribution >= 0.6 is 0 Å². The Morgan fingerprint density at radius 2 is 1.91 bits per heavy atom. The van der Waals surface area contributed by atoms with Gasteiger partial charge in [-0.1, -0.05) is 20.8 Å². The zero-order valence-electron chi connectivity index (χ0n) is 13.1. The van der Waals surface area contributed by atoms with Crippen LogP contribution in [0.3, 0.4) is 0 Å². The smallest absolute Gasteiger partial charge is 0.291 e. The lowest BCUT2D eigenvalue weighted by molar-refractivity contribution is 0.0950. The van der Waals surface area contributed by atoms with Crippen LogP contribution < -0.4 is 5.43 Å². The zero-order valence-corrected chi connectivity index (χ0v) is 13.1. The molecule has 0 bridgehead atoms. The fourth-order valence-electron chi connectivity index (χ4n) is 1.78. The third-order valence-corrected chi connectivity index (χ3v) is 3.23. The van der Waals surface area contributed by atoms with Gasteiger partial charge in [0.1, 0.15) is 5.75 Å². The van der Waals surface area contributed by atoms with Gasteiger partial charge in [-0.3, -0.25) is 9.89 Å². The van der Waals surface area contributed by atoms with Crippen molar-refractivity contribution in [2.75, 3.05) is 0 Å². The predicted octanol–water partition coefficient (Wildman–Crippen LogP) is 2.57. The summed E-state index contributed by atoms with van der Waals surface area (Å²) in [6.45, 7) is 7.89. The highest BCUT2D eigenvalue weighted by Gasteiger charge is 2.19. The summed E-state index contributed by atoms with van der Waals surface area (Å²) < 4.78 is 0. The van der Waals surface area contributed by atoms with Gasteiger partial charge in [-0.15, -0.1) is 0 Å². The summed E-state index contributed by atoms with van der Waals surface area (Å²) in [6, 6.07) is 8.32. The Morgan fingerprint density at radius 1 is 1.27 bits per heavy atom. The SMILES string of the molecule is CC(=NNC(=O)c1cc(C(C)(C)C)[nH]n1)c1ccc(O)cc1. The average molecular weight is 300 g/mol. The van der Waals surface area contributed by atoms with Crippen molar-refractivity contribution in [1.29, 1.82) is 0 Å². The number of hydrazone groups is 1. The van der Waals surface area contributed by atoms with E-state index < -0.39 is 0 Å². The van der Waals surface area contributed by atoms with Crippen LogP contribution in [-0.2, 0) is 5.41 Å². The number of carbonyl (C=O) groups excluding carboxylic acids is 1. The largest absolute Gasteiger partial charge is 0.508 e. The van der Waals surface area contributed by atoms with E-state index >= 15 is 0 Å². The van der Waals surface area contributed by atoms with Gasteiger partial charge >= 0.3 is 0 Å². The van der Waals surface area contributed by atoms with E-state index in [-0.39, 0.29) is 17.1 Å². The van der Waals surface area contributed by atoms with Crippen molar-refractivity contribution < 1.29 is 9.90 Å². The summed E-state index contributed by atoms with van der Waals surface area (Å²) in [7, 11) is 0. The zero-order chi connectivity index (χ0) is 16.3. The molecule has 22 heavy (non-hydrogen) atoms. The summed E-state index contributed by atoms with van der Waals surface area (Å²) in [5.41, 5.74) is 5.02. The highest BCUT2D eigenvalue weighted by Crippen LogP contribution is 2.20. The number of hydrogen-bond donors (Lipinski definition) is 3. The summed E-state index contributed by atoms with van der Waals surface area (Å²) in [6.07, 6.45) is 0. The van der Waals surface area contributed by atoms with E-state index in [2.05, 4.69) is 20.7 Å². The summed E-state index contributed by atoms with van der Waals surface area (Å²) in [5, 5.41) is 20.2. The number of rotatable bonds is 3. The van der Waals surface area contributed by atoms with Gasteiger partial charge in [0.15, 0.2) is 5.69 Å². The molecule has 116 valence electrons. The van der Waals surface area contributed by atoms with E-state index in [0.717, 1.165) is 11.3 Å². The van der Waals surface area contributed by atoms with Gasteiger partial charge in [0.2, 0.25) is 0 Å². The number of benzene rings is 1. The van der Waals surface area contributed by atoms with Crippen LogP contribution in [0.25, 0.3) is 0 Å². The lowest BCUT2D eigenvalue weighted by Crippen LogP contribution is -2.19. The highest BCUT2D eigenvalue weighted by molar-refractivity contribution is 6.00. The second kappa shape index (κ2) is 6.01. The fourth-order valence-corrected chi connectivity index (χ4v) is 1.78. The molecule has 0 aliphatic heterocycles. The highest BCUT2D eigenvalue weighted by atomic mass is 16.3. The van der Waals surface area contributed by atoms with Crippen LogP contribution in [0.2, 0.25) is 0 Å². The molecule has 0 radical (unpaired) electrons. The molecule has 0 fully saturated rings. The Balaban J connectivity index is 2.07. The molecule has 0 unspecified atom stereocenters. The molecule has 1 heterocycles. The monoisotopic (exact) mass is 300 g/mol. The van der Waals surface area contributed by atoms with Crippen LogP contribution in [0.5, 0.6) is 5.75 Å². The van der Waals surface area contributed by atoms with Gasteiger partial charge in [-0.05, 0) is 42.8 Å². The Hall–Kier alpha value is -2.63. The van der Waals surface area contributed by atoms with Gasteiger partial charge in [-0.25, -0.2) is 5.43 Å². The standard InChI is InChI=1S/C16H20N4O2/c1-10(11-5-7-12(21)8-6-11)17-20-15(22)13-9-14(19-18-13)16(2,3)4/h5-9,21H,1-4H3,(H,18,19)(H,20,22). The number of amides is 1. The van der Waals surface area contributed by atoms with E-state index in [1.54, 1.807) is 37.3 Å². The van der Waals surface area contributed by atoms with E-state index in [4.69, 9.17) is 0 Å². The minimum absolute atomic E-state index is 0.100. The molecule has 6 nitrogen and oxygen atoms in total. The first-order valence-corrected chi connectivity index (χ1v) is 6.97. The van der Waals surface area contributed by atoms with Crippen molar-refractivity contribution in [2.45, 2.75) is 33.1 Å². The topological polar surface area (TPSA) is 90.4 Å². The Kier molecular flexibility index (Phi) is 4.30. The molecule has 0 aliphatic carbocycles. The maximum absolute atomic E-state index is 12.0. The normalized spacial score (nSPS) is 12.3. The number of hydrogen-bond acceptors (Lipinski definition) is 4. The van der Waals surface area contributed by atoms with Gasteiger partial charge in [0, 0.05) is 11.1 Å². The Labute approximate surface area is 129 Å². The molecular weight excluding hydrogens is 280 g/mol. The van der Waals surface area contributed by atoms with E-state index in [0.29, 0.717) is 11.4 Å². The number of aromatic amines is 1. The average Bonchev–Trinajstić information content (AvgIpc) is 2.95. The molecule has 0 atom stereocenters. The van der Waals surface area contributed by atoms with Crippen molar-refractivity contribution in [3.63, 3.8) is 0 Å². The second-order valence-electron chi connectivity index (χ2n) is 6.10. The molecule has 0 spiro atoms. The summed E-state index contributed by atoms with van der Waals surface area (Å²) >= 11 is 0. The number of phenols is 1. The number of carbonyl (C=O) groups is 1. The number of H-pyrrole nitrogens is 1. The molecule has 2 aromatic rings. The quantitative estimate of drug-likeness (QED) is 0.601. The van der Waals surface area contributed by atoms with Gasteiger partial charge in [0.05, 0.1) is 5.71 Å². The van der Waals surface area contributed by atoms with Gasteiger partial charge in [-0.2, -0.15) is 10.2 Å². The maximum Gasteiger partial charge on any atom is 0.291 e. The molecule has 1 aromatic heterocycles. The first-order valence-electron chi connectivity index (χ1n) is 6.97. The van der Waals surface area contributed by atoms with Crippen molar-refractivity contribution in [1.82, 2.24) is 15.6 Å². The Bertz CT molecular complexity index is 694. The molecule has 1 aromatic carbocycles. The van der Waals surface area contributed by atoms with E-state index in [1.165, 1.54) is 0 Å². The molecule has 0 aliphatic rings. The minimum atomic E-state index is -0.370.